The number of nitrogens with zero attached hydrogens (tertiary/aromatic N) is 3. The van der Waals surface area contributed by atoms with E-state index in [0.717, 1.165) is 31.6 Å². The number of piperidine rings is 1. The molecule has 2 aromatic heterocycles. The fraction of sp³-hybridized carbons (Fsp3) is 0.562. The van der Waals surface area contributed by atoms with Crippen molar-refractivity contribution in [2.75, 3.05) is 18.4 Å². The monoisotopic (exact) mass is 333 g/mol. The van der Waals surface area contributed by atoms with Crippen molar-refractivity contribution < 1.29 is 4.79 Å². The van der Waals surface area contributed by atoms with Crippen molar-refractivity contribution in [2.45, 2.75) is 38.5 Å². The number of rotatable bonds is 4. The summed E-state index contributed by atoms with van der Waals surface area (Å²) in [4.78, 5) is 18.0. The van der Waals surface area contributed by atoms with Crippen LogP contribution in [-0.2, 0) is 7.05 Å². The Morgan fingerprint density at radius 2 is 2.17 bits per heavy atom. The van der Waals surface area contributed by atoms with Gasteiger partial charge in [0.25, 0.3) is 5.91 Å². The normalized spacial score (nSPS) is 16.0. The van der Waals surface area contributed by atoms with Gasteiger partial charge in [0, 0.05) is 23.8 Å². The van der Waals surface area contributed by atoms with E-state index in [1.54, 1.807) is 16.0 Å². The number of hydrogen-bond donors (Lipinski definition) is 2. The SMILES string of the molecule is CC(C)c1cc(C(=O)Nc2ncc(C3CCNCC3)s2)nn1C. The van der Waals surface area contributed by atoms with Crippen LogP contribution < -0.4 is 10.6 Å². The summed E-state index contributed by atoms with van der Waals surface area (Å²) in [6, 6.07) is 1.85. The van der Waals surface area contributed by atoms with Crippen LogP contribution in [0.3, 0.4) is 0 Å². The molecule has 1 saturated heterocycles. The quantitative estimate of drug-likeness (QED) is 0.902. The van der Waals surface area contributed by atoms with Gasteiger partial charge in [-0.05, 0) is 43.8 Å². The molecule has 1 amide bonds. The van der Waals surface area contributed by atoms with Crippen LogP contribution in [0.2, 0.25) is 0 Å². The van der Waals surface area contributed by atoms with Crippen molar-refractivity contribution in [3.8, 4) is 0 Å². The summed E-state index contributed by atoms with van der Waals surface area (Å²) in [6.07, 6.45) is 4.16. The first-order chi connectivity index (χ1) is 11.0. The zero-order valence-corrected chi connectivity index (χ0v) is 14.6. The van der Waals surface area contributed by atoms with Crippen molar-refractivity contribution in [2.24, 2.45) is 7.05 Å². The molecule has 0 bridgehead atoms. The van der Waals surface area contributed by atoms with E-state index in [4.69, 9.17) is 0 Å². The summed E-state index contributed by atoms with van der Waals surface area (Å²) in [5.74, 6) is 0.695. The Kier molecular flexibility index (Phi) is 4.77. The van der Waals surface area contributed by atoms with E-state index in [-0.39, 0.29) is 5.91 Å². The van der Waals surface area contributed by atoms with E-state index < -0.39 is 0 Å². The van der Waals surface area contributed by atoms with Gasteiger partial charge in [-0.2, -0.15) is 5.10 Å². The van der Waals surface area contributed by atoms with Crippen molar-refractivity contribution in [3.63, 3.8) is 0 Å². The van der Waals surface area contributed by atoms with Crippen molar-refractivity contribution in [1.82, 2.24) is 20.1 Å². The smallest absolute Gasteiger partial charge is 0.277 e. The molecule has 0 spiro atoms. The average Bonchev–Trinajstić information content (AvgIpc) is 3.15. The molecular formula is C16H23N5OS. The summed E-state index contributed by atoms with van der Waals surface area (Å²) in [7, 11) is 1.87. The Hall–Kier alpha value is -1.73. The zero-order chi connectivity index (χ0) is 16.4. The molecule has 0 unspecified atom stereocenters. The molecule has 6 nitrogen and oxygen atoms in total. The molecule has 0 aromatic carbocycles. The van der Waals surface area contributed by atoms with Crippen LogP contribution in [0.15, 0.2) is 12.3 Å². The van der Waals surface area contributed by atoms with Gasteiger partial charge in [-0.1, -0.05) is 13.8 Å². The molecule has 2 aromatic rings. The molecule has 7 heteroatoms. The van der Waals surface area contributed by atoms with Gasteiger partial charge < -0.3 is 5.32 Å². The van der Waals surface area contributed by atoms with E-state index in [1.807, 2.05) is 19.3 Å². The topological polar surface area (TPSA) is 71.8 Å². The van der Waals surface area contributed by atoms with E-state index >= 15 is 0 Å². The van der Waals surface area contributed by atoms with E-state index in [1.165, 1.54) is 4.88 Å². The van der Waals surface area contributed by atoms with Gasteiger partial charge in [-0.3, -0.25) is 14.8 Å². The number of aryl methyl sites for hydroxylation is 1. The predicted molar refractivity (Wildman–Crippen MR) is 92.2 cm³/mol. The van der Waals surface area contributed by atoms with Crippen LogP contribution in [0.25, 0.3) is 0 Å². The third kappa shape index (κ3) is 3.61. The van der Waals surface area contributed by atoms with E-state index in [2.05, 4.69) is 34.6 Å². The van der Waals surface area contributed by atoms with Gasteiger partial charge in [-0.25, -0.2) is 4.98 Å². The Labute approximate surface area is 140 Å². The number of nitrogens with one attached hydrogen (secondary N) is 2. The predicted octanol–water partition coefficient (Wildman–Crippen LogP) is 2.72. The number of amides is 1. The van der Waals surface area contributed by atoms with Gasteiger partial charge in [0.1, 0.15) is 0 Å². The molecule has 2 N–H and O–H groups in total. The van der Waals surface area contributed by atoms with Crippen molar-refractivity contribution in [1.29, 1.82) is 0 Å². The minimum absolute atomic E-state index is 0.196. The molecule has 1 fully saturated rings. The maximum atomic E-state index is 12.4. The second-order valence-corrected chi connectivity index (χ2v) is 7.34. The van der Waals surface area contributed by atoms with E-state index in [9.17, 15) is 4.79 Å². The highest BCUT2D eigenvalue weighted by Gasteiger charge is 2.20. The average molecular weight is 333 g/mol. The second-order valence-electron chi connectivity index (χ2n) is 6.28. The Morgan fingerprint density at radius 3 is 2.83 bits per heavy atom. The highest BCUT2D eigenvalue weighted by atomic mass is 32.1. The summed E-state index contributed by atoms with van der Waals surface area (Å²) in [5.41, 5.74) is 1.49. The Bertz CT molecular complexity index is 684. The van der Waals surface area contributed by atoms with Crippen LogP contribution in [0.4, 0.5) is 5.13 Å². The van der Waals surface area contributed by atoms with E-state index in [0.29, 0.717) is 22.7 Å². The van der Waals surface area contributed by atoms with Gasteiger partial charge >= 0.3 is 0 Å². The fourth-order valence-corrected chi connectivity index (χ4v) is 3.91. The molecule has 23 heavy (non-hydrogen) atoms. The molecule has 3 rings (SSSR count). The minimum Gasteiger partial charge on any atom is -0.317 e. The highest BCUT2D eigenvalue weighted by Crippen LogP contribution is 2.31. The lowest BCUT2D eigenvalue weighted by Gasteiger charge is -2.20. The lowest BCUT2D eigenvalue weighted by Crippen LogP contribution is -2.26. The van der Waals surface area contributed by atoms with Gasteiger partial charge in [-0.15, -0.1) is 11.3 Å². The lowest BCUT2D eigenvalue weighted by molar-refractivity contribution is 0.102. The molecule has 0 radical (unpaired) electrons. The van der Waals surface area contributed by atoms with Gasteiger partial charge in [0.2, 0.25) is 0 Å². The van der Waals surface area contributed by atoms with Crippen LogP contribution in [0, 0.1) is 0 Å². The summed E-state index contributed by atoms with van der Waals surface area (Å²) < 4.78 is 1.77. The van der Waals surface area contributed by atoms with Gasteiger partial charge in [0.05, 0.1) is 0 Å². The standard InChI is InChI=1S/C16H23N5OS/c1-10(2)13-8-12(20-21(13)3)15(22)19-16-18-9-14(23-16)11-4-6-17-7-5-11/h8-11,17H,4-7H2,1-3H3,(H,18,19,22). The van der Waals surface area contributed by atoms with Crippen molar-refractivity contribution in [3.05, 3.63) is 28.5 Å². The molecular weight excluding hydrogens is 310 g/mol. The number of aromatic nitrogens is 3. The van der Waals surface area contributed by atoms with Crippen LogP contribution >= 0.6 is 11.3 Å². The first-order valence-electron chi connectivity index (χ1n) is 8.06. The summed E-state index contributed by atoms with van der Waals surface area (Å²) >= 11 is 1.57. The largest absolute Gasteiger partial charge is 0.317 e. The molecule has 1 aliphatic heterocycles. The maximum Gasteiger partial charge on any atom is 0.277 e. The first kappa shape index (κ1) is 16.1. The molecule has 0 atom stereocenters. The molecule has 1 aliphatic rings. The van der Waals surface area contributed by atoms with Crippen LogP contribution in [-0.4, -0.2) is 33.8 Å². The second kappa shape index (κ2) is 6.80. The summed E-state index contributed by atoms with van der Waals surface area (Å²) in [5, 5.41) is 11.2. The fourth-order valence-electron chi connectivity index (χ4n) is 2.93. The Balaban J connectivity index is 1.68. The molecule has 3 heterocycles. The number of thiazole rings is 1. The molecule has 124 valence electrons. The number of carbonyl (C=O) groups excluding carboxylic acids is 1. The lowest BCUT2D eigenvalue weighted by atomic mass is 9.97. The Morgan fingerprint density at radius 1 is 1.43 bits per heavy atom. The number of anilines is 1. The highest BCUT2D eigenvalue weighted by molar-refractivity contribution is 7.15. The third-order valence-corrected chi connectivity index (χ3v) is 5.30. The van der Waals surface area contributed by atoms with Crippen LogP contribution in [0.1, 0.15) is 59.6 Å². The maximum absolute atomic E-state index is 12.4. The number of carbonyl (C=O) groups is 1. The first-order valence-corrected chi connectivity index (χ1v) is 8.88. The van der Waals surface area contributed by atoms with Crippen molar-refractivity contribution >= 4 is 22.4 Å². The molecule has 0 aliphatic carbocycles. The third-order valence-electron chi connectivity index (χ3n) is 4.23. The van der Waals surface area contributed by atoms with Gasteiger partial charge in [0.15, 0.2) is 10.8 Å². The number of hydrogen-bond acceptors (Lipinski definition) is 5. The minimum atomic E-state index is -0.196. The zero-order valence-electron chi connectivity index (χ0n) is 13.8. The van der Waals surface area contributed by atoms with Crippen LogP contribution in [0.5, 0.6) is 0 Å². The molecule has 0 saturated carbocycles. The summed E-state index contributed by atoms with van der Waals surface area (Å²) in [6.45, 7) is 6.28.